The van der Waals surface area contributed by atoms with Gasteiger partial charge in [0.05, 0.1) is 12.3 Å². The van der Waals surface area contributed by atoms with Gasteiger partial charge >= 0.3 is 0 Å². The Labute approximate surface area is 122 Å². The number of ether oxygens (including phenoxy) is 1. The van der Waals surface area contributed by atoms with Crippen molar-refractivity contribution in [2.24, 2.45) is 0 Å². The molecule has 0 spiro atoms. The number of benzene rings is 1. The van der Waals surface area contributed by atoms with Gasteiger partial charge in [0.2, 0.25) is 0 Å². The summed E-state index contributed by atoms with van der Waals surface area (Å²) in [4.78, 5) is 23.9. The fraction of sp³-hybridized carbons (Fsp3) is 0.267. The maximum absolute atomic E-state index is 12.1. The molecular formula is C15H17N3O3. The highest BCUT2D eigenvalue weighted by Crippen LogP contribution is 2.03. The number of hydrogen-bond acceptors (Lipinski definition) is 4. The highest BCUT2D eigenvalue weighted by Gasteiger charge is 2.13. The van der Waals surface area contributed by atoms with Crippen molar-refractivity contribution < 1.29 is 9.53 Å². The minimum absolute atomic E-state index is 0.138. The average molecular weight is 287 g/mol. The van der Waals surface area contributed by atoms with Crippen LogP contribution in [-0.4, -0.2) is 35.4 Å². The molecule has 110 valence electrons. The number of aromatic nitrogens is 2. The summed E-state index contributed by atoms with van der Waals surface area (Å²) >= 11 is 0. The molecule has 0 bridgehead atoms. The van der Waals surface area contributed by atoms with Crippen LogP contribution >= 0.6 is 0 Å². The van der Waals surface area contributed by atoms with E-state index >= 15 is 0 Å². The summed E-state index contributed by atoms with van der Waals surface area (Å²) < 4.78 is 6.17. The van der Waals surface area contributed by atoms with E-state index in [2.05, 4.69) is 10.4 Å². The molecule has 1 aromatic carbocycles. The van der Waals surface area contributed by atoms with Crippen LogP contribution < -0.4 is 10.9 Å². The van der Waals surface area contributed by atoms with Crippen LogP contribution in [0.2, 0.25) is 0 Å². The van der Waals surface area contributed by atoms with Crippen molar-refractivity contribution in [1.82, 2.24) is 15.1 Å². The topological polar surface area (TPSA) is 73.2 Å². The molecule has 1 N–H and O–H groups in total. The van der Waals surface area contributed by atoms with E-state index in [0.29, 0.717) is 12.3 Å². The summed E-state index contributed by atoms with van der Waals surface area (Å²) in [6, 6.07) is 11.6. The van der Waals surface area contributed by atoms with Crippen LogP contribution in [0.3, 0.4) is 0 Å². The molecule has 1 heterocycles. The van der Waals surface area contributed by atoms with E-state index in [-0.39, 0.29) is 23.2 Å². The maximum atomic E-state index is 12.1. The van der Waals surface area contributed by atoms with Crippen LogP contribution in [-0.2, 0) is 4.74 Å². The largest absolute Gasteiger partial charge is 0.383 e. The highest BCUT2D eigenvalue weighted by atomic mass is 16.5. The van der Waals surface area contributed by atoms with Gasteiger partial charge in [-0.15, -0.1) is 0 Å². The molecule has 0 aliphatic carbocycles. The van der Waals surface area contributed by atoms with Gasteiger partial charge in [0.15, 0.2) is 0 Å². The standard InChI is InChI=1S/C15H17N3O3/c1-11(10-21-2)16-15(20)13-8-9-14(19)18(17-13)12-6-4-3-5-7-12/h3-9,11H,10H2,1-2H3,(H,16,20). The molecular weight excluding hydrogens is 270 g/mol. The zero-order valence-corrected chi connectivity index (χ0v) is 11.9. The predicted molar refractivity (Wildman–Crippen MR) is 78.6 cm³/mol. The molecule has 21 heavy (non-hydrogen) atoms. The van der Waals surface area contributed by atoms with E-state index in [1.165, 1.54) is 16.8 Å². The van der Waals surface area contributed by atoms with Gasteiger partial charge in [-0.25, -0.2) is 0 Å². The van der Waals surface area contributed by atoms with Crippen LogP contribution in [0.5, 0.6) is 0 Å². The smallest absolute Gasteiger partial charge is 0.272 e. The van der Waals surface area contributed by atoms with Gasteiger partial charge in [-0.05, 0) is 25.1 Å². The van der Waals surface area contributed by atoms with Gasteiger partial charge in [0.25, 0.3) is 11.5 Å². The number of carbonyl (C=O) groups excluding carboxylic acids is 1. The second-order valence-electron chi connectivity index (χ2n) is 4.63. The maximum Gasteiger partial charge on any atom is 0.272 e. The average Bonchev–Trinajstić information content (AvgIpc) is 2.48. The Morgan fingerprint density at radius 3 is 2.67 bits per heavy atom. The zero-order chi connectivity index (χ0) is 15.2. The lowest BCUT2D eigenvalue weighted by Gasteiger charge is -2.12. The molecule has 1 amide bonds. The molecule has 0 fully saturated rings. The summed E-state index contributed by atoms with van der Waals surface area (Å²) in [7, 11) is 1.57. The number of para-hydroxylation sites is 1. The molecule has 1 aromatic heterocycles. The van der Waals surface area contributed by atoms with Crippen molar-refractivity contribution in [2.75, 3.05) is 13.7 Å². The minimum atomic E-state index is -0.343. The summed E-state index contributed by atoms with van der Waals surface area (Å²) in [5.41, 5.74) is 0.506. The number of nitrogens with zero attached hydrogens (tertiary/aromatic N) is 2. The Morgan fingerprint density at radius 1 is 1.29 bits per heavy atom. The molecule has 1 unspecified atom stereocenters. The van der Waals surface area contributed by atoms with E-state index < -0.39 is 0 Å². The Kier molecular flexibility index (Phi) is 4.84. The number of rotatable bonds is 5. The first-order valence-electron chi connectivity index (χ1n) is 6.57. The SMILES string of the molecule is COCC(C)NC(=O)c1ccc(=O)n(-c2ccccc2)n1. The number of methoxy groups -OCH3 is 1. The van der Waals surface area contributed by atoms with Crippen molar-refractivity contribution in [3.05, 3.63) is 58.5 Å². The number of carbonyl (C=O) groups is 1. The van der Waals surface area contributed by atoms with E-state index in [1.807, 2.05) is 13.0 Å². The predicted octanol–water partition coefficient (Wildman–Crippen LogP) is 0.997. The molecule has 2 aromatic rings. The lowest BCUT2D eigenvalue weighted by atomic mass is 10.3. The lowest BCUT2D eigenvalue weighted by Crippen LogP contribution is -2.37. The van der Waals surface area contributed by atoms with Crippen molar-refractivity contribution in [3.8, 4) is 5.69 Å². The third-order valence-corrected chi connectivity index (χ3v) is 2.83. The Morgan fingerprint density at radius 2 is 2.00 bits per heavy atom. The van der Waals surface area contributed by atoms with Crippen LogP contribution in [0.25, 0.3) is 5.69 Å². The quantitative estimate of drug-likeness (QED) is 0.890. The molecule has 0 aliphatic rings. The first kappa shape index (κ1) is 14.9. The van der Waals surface area contributed by atoms with Crippen molar-refractivity contribution in [3.63, 3.8) is 0 Å². The molecule has 6 heteroatoms. The van der Waals surface area contributed by atoms with Gasteiger partial charge in [-0.1, -0.05) is 18.2 Å². The number of amides is 1. The van der Waals surface area contributed by atoms with Crippen LogP contribution in [0.15, 0.2) is 47.3 Å². The molecule has 0 radical (unpaired) electrons. The number of nitrogens with one attached hydrogen (secondary N) is 1. The third-order valence-electron chi connectivity index (χ3n) is 2.83. The fourth-order valence-electron chi connectivity index (χ4n) is 1.88. The normalized spacial score (nSPS) is 11.9. The summed E-state index contributed by atoms with van der Waals surface area (Å²) in [6.45, 7) is 2.23. The Hall–Kier alpha value is -2.47. The molecule has 0 saturated heterocycles. The van der Waals surface area contributed by atoms with Gasteiger partial charge < -0.3 is 10.1 Å². The zero-order valence-electron chi connectivity index (χ0n) is 11.9. The first-order valence-corrected chi connectivity index (χ1v) is 6.57. The van der Waals surface area contributed by atoms with Crippen molar-refractivity contribution in [2.45, 2.75) is 13.0 Å². The fourth-order valence-corrected chi connectivity index (χ4v) is 1.88. The highest BCUT2D eigenvalue weighted by molar-refractivity contribution is 5.92. The van der Waals surface area contributed by atoms with Gasteiger partial charge in [-0.2, -0.15) is 9.78 Å². The monoisotopic (exact) mass is 287 g/mol. The first-order chi connectivity index (χ1) is 10.1. The lowest BCUT2D eigenvalue weighted by molar-refractivity contribution is 0.0899. The summed E-state index contributed by atoms with van der Waals surface area (Å²) in [6.07, 6.45) is 0. The van der Waals surface area contributed by atoms with Crippen molar-refractivity contribution in [1.29, 1.82) is 0 Å². The van der Waals surface area contributed by atoms with Crippen molar-refractivity contribution >= 4 is 5.91 Å². The molecule has 2 rings (SSSR count). The van der Waals surface area contributed by atoms with Gasteiger partial charge in [0, 0.05) is 19.2 Å². The molecule has 6 nitrogen and oxygen atoms in total. The van der Waals surface area contributed by atoms with Crippen LogP contribution in [0.1, 0.15) is 17.4 Å². The number of hydrogen-bond donors (Lipinski definition) is 1. The Balaban J connectivity index is 2.27. The molecule has 0 saturated carbocycles. The van der Waals surface area contributed by atoms with Gasteiger partial charge in [-0.3, -0.25) is 9.59 Å². The summed E-state index contributed by atoms with van der Waals surface area (Å²) in [5, 5.41) is 6.86. The molecule has 1 atom stereocenters. The van der Waals surface area contributed by atoms with E-state index in [1.54, 1.807) is 31.4 Å². The van der Waals surface area contributed by atoms with E-state index in [9.17, 15) is 9.59 Å². The van der Waals surface area contributed by atoms with E-state index in [0.717, 1.165) is 0 Å². The van der Waals surface area contributed by atoms with Gasteiger partial charge in [0.1, 0.15) is 5.69 Å². The summed E-state index contributed by atoms with van der Waals surface area (Å²) in [5.74, 6) is -0.343. The van der Waals surface area contributed by atoms with E-state index in [4.69, 9.17) is 4.74 Å². The second-order valence-corrected chi connectivity index (χ2v) is 4.63. The Bertz CT molecular complexity index is 667. The van der Waals surface area contributed by atoms with Crippen LogP contribution in [0, 0.1) is 0 Å². The molecule has 0 aliphatic heterocycles. The second kappa shape index (κ2) is 6.81. The minimum Gasteiger partial charge on any atom is -0.383 e. The van der Waals surface area contributed by atoms with Crippen LogP contribution in [0.4, 0.5) is 0 Å². The third kappa shape index (κ3) is 3.76.